The van der Waals surface area contributed by atoms with E-state index in [-0.39, 0.29) is 12.6 Å². The van der Waals surface area contributed by atoms with Crippen LogP contribution in [0.15, 0.2) is 24.8 Å². The zero-order valence-corrected chi connectivity index (χ0v) is 12.9. The van der Waals surface area contributed by atoms with Crippen molar-refractivity contribution >= 4 is 16.9 Å². The molecule has 0 bridgehead atoms. The SMILES string of the molecule is CC(C)C(CO)Nc1ncnc2[nH]c(-c3cnn(C)c3)cc12. The van der Waals surface area contributed by atoms with Crippen LogP contribution in [0.25, 0.3) is 22.3 Å². The molecular formula is C15H20N6O. The van der Waals surface area contributed by atoms with Crippen molar-refractivity contribution in [1.29, 1.82) is 0 Å². The van der Waals surface area contributed by atoms with E-state index in [9.17, 15) is 5.11 Å². The minimum absolute atomic E-state index is 0.0464. The van der Waals surface area contributed by atoms with Crippen LogP contribution in [-0.4, -0.2) is 42.5 Å². The Labute approximate surface area is 128 Å². The Morgan fingerprint density at radius 1 is 1.36 bits per heavy atom. The molecule has 3 aromatic rings. The summed E-state index contributed by atoms with van der Waals surface area (Å²) in [6.45, 7) is 4.18. The number of aliphatic hydroxyl groups excluding tert-OH is 1. The van der Waals surface area contributed by atoms with E-state index in [0.29, 0.717) is 5.92 Å². The Kier molecular flexibility index (Phi) is 3.81. The Morgan fingerprint density at radius 3 is 2.82 bits per heavy atom. The van der Waals surface area contributed by atoms with Crippen LogP contribution in [0.1, 0.15) is 13.8 Å². The maximum atomic E-state index is 9.49. The molecule has 7 heteroatoms. The molecule has 7 nitrogen and oxygen atoms in total. The molecule has 0 spiro atoms. The summed E-state index contributed by atoms with van der Waals surface area (Å²) in [5.41, 5.74) is 2.70. The van der Waals surface area contributed by atoms with Gasteiger partial charge in [0.05, 0.1) is 29.9 Å². The van der Waals surface area contributed by atoms with Gasteiger partial charge in [0.1, 0.15) is 17.8 Å². The van der Waals surface area contributed by atoms with Crippen LogP contribution in [0.5, 0.6) is 0 Å². The number of fused-ring (bicyclic) bond motifs is 1. The number of rotatable bonds is 5. The number of hydrogen-bond donors (Lipinski definition) is 3. The lowest BCUT2D eigenvalue weighted by Crippen LogP contribution is -2.29. The third kappa shape index (κ3) is 2.67. The highest BCUT2D eigenvalue weighted by molar-refractivity contribution is 5.91. The van der Waals surface area contributed by atoms with Gasteiger partial charge in [-0.05, 0) is 12.0 Å². The van der Waals surface area contributed by atoms with Crippen LogP contribution in [0.3, 0.4) is 0 Å². The molecule has 3 aromatic heterocycles. The molecule has 3 heterocycles. The van der Waals surface area contributed by atoms with Gasteiger partial charge in [0.2, 0.25) is 0 Å². The monoisotopic (exact) mass is 300 g/mol. The molecule has 0 amide bonds. The van der Waals surface area contributed by atoms with E-state index in [1.54, 1.807) is 10.9 Å². The van der Waals surface area contributed by atoms with Gasteiger partial charge in [0.25, 0.3) is 0 Å². The molecule has 0 saturated carbocycles. The van der Waals surface area contributed by atoms with E-state index in [1.165, 1.54) is 6.33 Å². The number of aromatic amines is 1. The average Bonchev–Trinajstić information content (AvgIpc) is 3.10. The first-order valence-electron chi connectivity index (χ1n) is 7.28. The van der Waals surface area contributed by atoms with Crippen molar-refractivity contribution in [2.24, 2.45) is 13.0 Å². The Balaban J connectivity index is 2.00. The molecule has 3 rings (SSSR count). The maximum absolute atomic E-state index is 9.49. The number of aryl methyl sites for hydroxylation is 1. The van der Waals surface area contributed by atoms with E-state index in [2.05, 4.69) is 39.2 Å². The number of hydrogen-bond acceptors (Lipinski definition) is 5. The van der Waals surface area contributed by atoms with E-state index < -0.39 is 0 Å². The standard InChI is InChI=1S/C15H20N6O/c1-9(2)13(7-22)20-15-11-4-12(10-5-18-21(3)6-10)19-14(11)16-8-17-15/h4-6,8-9,13,22H,7H2,1-3H3,(H2,16,17,19,20). The van der Waals surface area contributed by atoms with Gasteiger partial charge in [-0.2, -0.15) is 5.10 Å². The third-order valence-electron chi connectivity index (χ3n) is 3.77. The molecule has 1 unspecified atom stereocenters. The minimum Gasteiger partial charge on any atom is -0.394 e. The molecule has 116 valence electrons. The zero-order chi connectivity index (χ0) is 15.7. The topological polar surface area (TPSA) is 91.7 Å². The van der Waals surface area contributed by atoms with Gasteiger partial charge in [-0.25, -0.2) is 9.97 Å². The summed E-state index contributed by atoms with van der Waals surface area (Å²) in [4.78, 5) is 11.9. The van der Waals surface area contributed by atoms with E-state index >= 15 is 0 Å². The third-order valence-corrected chi connectivity index (χ3v) is 3.77. The first-order chi connectivity index (χ1) is 10.6. The number of aromatic nitrogens is 5. The second-order valence-electron chi connectivity index (χ2n) is 5.75. The fourth-order valence-electron chi connectivity index (χ4n) is 2.37. The molecule has 0 aromatic carbocycles. The van der Waals surface area contributed by atoms with Crippen molar-refractivity contribution in [1.82, 2.24) is 24.7 Å². The Hall–Kier alpha value is -2.41. The molecule has 22 heavy (non-hydrogen) atoms. The lowest BCUT2D eigenvalue weighted by molar-refractivity contribution is 0.249. The number of nitrogens with one attached hydrogen (secondary N) is 2. The summed E-state index contributed by atoms with van der Waals surface area (Å²) in [7, 11) is 1.88. The van der Waals surface area contributed by atoms with Crippen LogP contribution in [0.2, 0.25) is 0 Å². The van der Waals surface area contributed by atoms with Crippen molar-refractivity contribution in [3.63, 3.8) is 0 Å². The molecule has 0 aliphatic heterocycles. The van der Waals surface area contributed by atoms with E-state index in [0.717, 1.165) is 28.1 Å². The quantitative estimate of drug-likeness (QED) is 0.668. The predicted molar refractivity (Wildman–Crippen MR) is 85.4 cm³/mol. The Morgan fingerprint density at radius 2 is 2.18 bits per heavy atom. The molecule has 0 radical (unpaired) electrons. The van der Waals surface area contributed by atoms with Crippen LogP contribution < -0.4 is 5.32 Å². The minimum atomic E-state index is -0.0464. The van der Waals surface area contributed by atoms with Crippen LogP contribution in [-0.2, 0) is 7.05 Å². The summed E-state index contributed by atoms with van der Waals surface area (Å²) >= 11 is 0. The second-order valence-corrected chi connectivity index (χ2v) is 5.75. The fourth-order valence-corrected chi connectivity index (χ4v) is 2.37. The second kappa shape index (κ2) is 5.76. The highest BCUT2D eigenvalue weighted by atomic mass is 16.3. The average molecular weight is 300 g/mol. The molecule has 0 saturated heterocycles. The molecule has 1 atom stereocenters. The fraction of sp³-hybridized carbons (Fsp3) is 0.400. The van der Waals surface area contributed by atoms with Gasteiger partial charge < -0.3 is 15.4 Å². The number of H-pyrrole nitrogens is 1. The summed E-state index contributed by atoms with van der Waals surface area (Å²) in [6, 6.07) is 1.96. The molecule has 0 aliphatic carbocycles. The molecular weight excluding hydrogens is 280 g/mol. The summed E-state index contributed by atoms with van der Waals surface area (Å²) in [5.74, 6) is 1.02. The normalized spacial score (nSPS) is 13.0. The zero-order valence-electron chi connectivity index (χ0n) is 12.9. The van der Waals surface area contributed by atoms with Crippen LogP contribution in [0.4, 0.5) is 5.82 Å². The Bertz CT molecular complexity index is 775. The van der Waals surface area contributed by atoms with Gasteiger partial charge in [0, 0.05) is 18.8 Å². The van der Waals surface area contributed by atoms with Crippen LogP contribution in [0, 0.1) is 5.92 Å². The van der Waals surface area contributed by atoms with Gasteiger partial charge >= 0.3 is 0 Å². The number of anilines is 1. The maximum Gasteiger partial charge on any atom is 0.143 e. The highest BCUT2D eigenvalue weighted by Crippen LogP contribution is 2.27. The lowest BCUT2D eigenvalue weighted by atomic mass is 10.1. The summed E-state index contributed by atoms with van der Waals surface area (Å²) in [5, 5.41) is 17.9. The first-order valence-corrected chi connectivity index (χ1v) is 7.28. The van der Waals surface area contributed by atoms with Crippen molar-refractivity contribution in [3.8, 4) is 11.3 Å². The highest BCUT2D eigenvalue weighted by Gasteiger charge is 2.16. The summed E-state index contributed by atoms with van der Waals surface area (Å²) < 4.78 is 1.76. The van der Waals surface area contributed by atoms with Gasteiger partial charge in [-0.15, -0.1) is 0 Å². The van der Waals surface area contributed by atoms with Crippen LogP contribution >= 0.6 is 0 Å². The molecule has 0 fully saturated rings. The smallest absolute Gasteiger partial charge is 0.143 e. The van der Waals surface area contributed by atoms with E-state index in [4.69, 9.17) is 0 Å². The van der Waals surface area contributed by atoms with Gasteiger partial charge in [-0.3, -0.25) is 4.68 Å². The largest absolute Gasteiger partial charge is 0.394 e. The van der Waals surface area contributed by atoms with Crippen molar-refractivity contribution in [2.75, 3.05) is 11.9 Å². The van der Waals surface area contributed by atoms with Crippen molar-refractivity contribution in [3.05, 3.63) is 24.8 Å². The predicted octanol–water partition coefficient (Wildman–Crippen LogP) is 1.79. The molecule has 3 N–H and O–H groups in total. The lowest BCUT2D eigenvalue weighted by Gasteiger charge is -2.20. The number of nitrogens with zero attached hydrogens (tertiary/aromatic N) is 4. The van der Waals surface area contributed by atoms with Crippen molar-refractivity contribution < 1.29 is 5.11 Å². The van der Waals surface area contributed by atoms with Gasteiger partial charge in [0.15, 0.2) is 0 Å². The summed E-state index contributed by atoms with van der Waals surface area (Å²) in [6.07, 6.45) is 5.26. The molecule has 0 aliphatic rings. The van der Waals surface area contributed by atoms with Gasteiger partial charge in [-0.1, -0.05) is 13.8 Å². The first kappa shape index (κ1) is 14.5. The number of aliphatic hydroxyl groups is 1. The van der Waals surface area contributed by atoms with E-state index in [1.807, 2.05) is 19.3 Å². The van der Waals surface area contributed by atoms with Crippen molar-refractivity contribution in [2.45, 2.75) is 19.9 Å².